The number of halogens is 2. The standard InChI is InChI=1S/C14H10BrIO3/c15-11-3-1-2-9(6-11)8-19-13-5-4-10(14(17)18)7-12(13)16/h1-7H,8H2,(H,17,18). The maximum absolute atomic E-state index is 10.8. The second-order valence-corrected chi connectivity index (χ2v) is 5.95. The van der Waals surface area contributed by atoms with E-state index in [9.17, 15) is 4.79 Å². The fourth-order valence-electron chi connectivity index (χ4n) is 1.54. The van der Waals surface area contributed by atoms with E-state index in [1.54, 1.807) is 18.2 Å². The lowest BCUT2D eigenvalue weighted by molar-refractivity contribution is 0.0696. The lowest BCUT2D eigenvalue weighted by Crippen LogP contribution is -2.00. The van der Waals surface area contributed by atoms with Crippen molar-refractivity contribution in [3.05, 3.63) is 61.6 Å². The minimum Gasteiger partial charge on any atom is -0.488 e. The zero-order valence-electron chi connectivity index (χ0n) is 9.77. The van der Waals surface area contributed by atoms with Crippen molar-refractivity contribution in [2.75, 3.05) is 0 Å². The summed E-state index contributed by atoms with van der Waals surface area (Å²) >= 11 is 5.48. The third-order valence-corrected chi connectivity index (χ3v) is 3.80. The van der Waals surface area contributed by atoms with Gasteiger partial charge in [0.15, 0.2) is 0 Å². The molecule has 19 heavy (non-hydrogen) atoms. The van der Waals surface area contributed by atoms with E-state index in [-0.39, 0.29) is 5.56 Å². The molecule has 0 saturated heterocycles. The molecule has 0 unspecified atom stereocenters. The number of hydrogen-bond acceptors (Lipinski definition) is 2. The van der Waals surface area contributed by atoms with Crippen molar-refractivity contribution in [3.63, 3.8) is 0 Å². The third kappa shape index (κ3) is 3.94. The molecule has 0 bridgehead atoms. The SMILES string of the molecule is O=C(O)c1ccc(OCc2cccc(Br)c2)c(I)c1. The first-order valence-electron chi connectivity index (χ1n) is 5.46. The Hall–Kier alpha value is -1.08. The Balaban J connectivity index is 2.10. The van der Waals surface area contributed by atoms with Gasteiger partial charge in [0, 0.05) is 4.47 Å². The van der Waals surface area contributed by atoms with Crippen molar-refractivity contribution in [2.45, 2.75) is 6.61 Å². The van der Waals surface area contributed by atoms with E-state index in [0.29, 0.717) is 12.4 Å². The Morgan fingerprint density at radius 3 is 2.68 bits per heavy atom. The quantitative estimate of drug-likeness (QED) is 0.731. The number of benzene rings is 2. The largest absolute Gasteiger partial charge is 0.488 e. The number of carboxylic acids is 1. The zero-order valence-corrected chi connectivity index (χ0v) is 13.5. The maximum Gasteiger partial charge on any atom is 0.335 e. The van der Waals surface area contributed by atoms with Crippen LogP contribution in [0.2, 0.25) is 0 Å². The summed E-state index contributed by atoms with van der Waals surface area (Å²) in [7, 11) is 0. The maximum atomic E-state index is 10.8. The summed E-state index contributed by atoms with van der Waals surface area (Å²) < 4.78 is 7.48. The van der Waals surface area contributed by atoms with Crippen molar-refractivity contribution in [3.8, 4) is 5.75 Å². The summed E-state index contributed by atoms with van der Waals surface area (Å²) in [6.07, 6.45) is 0. The number of hydrogen-bond donors (Lipinski definition) is 1. The highest BCUT2D eigenvalue weighted by Gasteiger charge is 2.07. The van der Waals surface area contributed by atoms with Crippen molar-refractivity contribution in [1.29, 1.82) is 0 Å². The summed E-state index contributed by atoms with van der Waals surface area (Å²) in [6, 6.07) is 12.7. The normalized spacial score (nSPS) is 10.2. The van der Waals surface area contributed by atoms with E-state index >= 15 is 0 Å². The zero-order chi connectivity index (χ0) is 13.8. The van der Waals surface area contributed by atoms with Crippen molar-refractivity contribution in [1.82, 2.24) is 0 Å². The van der Waals surface area contributed by atoms with Gasteiger partial charge in [-0.25, -0.2) is 4.79 Å². The minimum absolute atomic E-state index is 0.263. The Bertz CT molecular complexity index is 613. The van der Waals surface area contributed by atoms with E-state index in [1.807, 2.05) is 24.3 Å². The molecule has 0 fully saturated rings. The molecule has 3 nitrogen and oxygen atoms in total. The molecule has 0 radical (unpaired) electrons. The van der Waals surface area contributed by atoms with Crippen LogP contribution in [0.25, 0.3) is 0 Å². The molecule has 98 valence electrons. The van der Waals surface area contributed by atoms with Crippen LogP contribution in [0.5, 0.6) is 5.75 Å². The minimum atomic E-state index is -0.934. The molecular weight excluding hydrogens is 423 g/mol. The first kappa shape index (κ1) is 14.3. The summed E-state index contributed by atoms with van der Waals surface area (Å²) in [6.45, 7) is 0.446. The van der Waals surface area contributed by atoms with Crippen LogP contribution in [-0.4, -0.2) is 11.1 Å². The first-order chi connectivity index (χ1) is 9.06. The van der Waals surface area contributed by atoms with Gasteiger partial charge in [0.05, 0.1) is 9.13 Å². The number of carbonyl (C=O) groups is 1. The fourth-order valence-corrected chi connectivity index (χ4v) is 2.66. The fraction of sp³-hybridized carbons (Fsp3) is 0.0714. The molecule has 0 spiro atoms. The Kier molecular flexibility index (Phi) is 4.81. The molecule has 0 aliphatic carbocycles. The predicted octanol–water partition coefficient (Wildman–Crippen LogP) is 4.33. The highest BCUT2D eigenvalue weighted by Crippen LogP contribution is 2.23. The van der Waals surface area contributed by atoms with Crippen LogP contribution in [-0.2, 0) is 6.61 Å². The molecule has 5 heteroatoms. The Morgan fingerprint density at radius 1 is 1.26 bits per heavy atom. The molecular formula is C14H10BrIO3. The molecule has 2 rings (SSSR count). The van der Waals surface area contributed by atoms with Gasteiger partial charge in [-0.3, -0.25) is 0 Å². The molecule has 0 amide bonds. The topological polar surface area (TPSA) is 46.5 Å². The molecule has 0 aliphatic rings. The van der Waals surface area contributed by atoms with Crippen LogP contribution in [0.1, 0.15) is 15.9 Å². The number of aromatic carboxylic acids is 1. The van der Waals surface area contributed by atoms with Gasteiger partial charge < -0.3 is 9.84 Å². The van der Waals surface area contributed by atoms with Gasteiger partial charge in [-0.2, -0.15) is 0 Å². The summed E-state index contributed by atoms with van der Waals surface area (Å²) in [5.41, 5.74) is 1.31. The molecule has 2 aromatic carbocycles. The van der Waals surface area contributed by atoms with Crippen molar-refractivity contribution >= 4 is 44.5 Å². The number of ether oxygens (including phenoxy) is 1. The number of rotatable bonds is 4. The second-order valence-electron chi connectivity index (χ2n) is 3.87. The highest BCUT2D eigenvalue weighted by molar-refractivity contribution is 14.1. The first-order valence-corrected chi connectivity index (χ1v) is 7.33. The second kappa shape index (κ2) is 6.38. The van der Waals surface area contributed by atoms with Gasteiger partial charge in [0.25, 0.3) is 0 Å². The average molecular weight is 433 g/mol. The van der Waals surface area contributed by atoms with Crippen LogP contribution in [0.15, 0.2) is 46.9 Å². The van der Waals surface area contributed by atoms with E-state index in [1.165, 1.54) is 0 Å². The van der Waals surface area contributed by atoms with Gasteiger partial charge in [-0.15, -0.1) is 0 Å². The Labute approximate surface area is 132 Å². The van der Waals surface area contributed by atoms with E-state index in [2.05, 4.69) is 38.5 Å². The third-order valence-electron chi connectivity index (χ3n) is 2.46. The van der Waals surface area contributed by atoms with Crippen LogP contribution in [0, 0.1) is 3.57 Å². The molecule has 0 aliphatic heterocycles. The summed E-state index contributed by atoms with van der Waals surface area (Å²) in [5, 5.41) is 8.89. The monoisotopic (exact) mass is 432 g/mol. The van der Waals surface area contributed by atoms with E-state index in [0.717, 1.165) is 13.6 Å². The van der Waals surface area contributed by atoms with E-state index in [4.69, 9.17) is 9.84 Å². The molecule has 2 aromatic rings. The summed E-state index contributed by atoms with van der Waals surface area (Å²) in [4.78, 5) is 10.8. The Morgan fingerprint density at radius 2 is 2.05 bits per heavy atom. The molecule has 0 saturated carbocycles. The lowest BCUT2D eigenvalue weighted by atomic mass is 10.2. The molecule has 0 atom stereocenters. The average Bonchev–Trinajstić information content (AvgIpc) is 2.37. The predicted molar refractivity (Wildman–Crippen MR) is 84.6 cm³/mol. The summed E-state index contributed by atoms with van der Waals surface area (Å²) in [5.74, 6) is -0.248. The smallest absolute Gasteiger partial charge is 0.335 e. The van der Waals surface area contributed by atoms with Crippen molar-refractivity contribution < 1.29 is 14.6 Å². The lowest BCUT2D eigenvalue weighted by Gasteiger charge is -2.09. The van der Waals surface area contributed by atoms with Crippen LogP contribution >= 0.6 is 38.5 Å². The molecule has 1 N–H and O–H groups in total. The number of carboxylic acid groups (broad SMARTS) is 1. The van der Waals surface area contributed by atoms with Crippen LogP contribution < -0.4 is 4.74 Å². The van der Waals surface area contributed by atoms with Gasteiger partial charge in [0.1, 0.15) is 12.4 Å². The van der Waals surface area contributed by atoms with E-state index < -0.39 is 5.97 Å². The van der Waals surface area contributed by atoms with Gasteiger partial charge in [-0.05, 0) is 58.5 Å². The van der Waals surface area contributed by atoms with Gasteiger partial charge >= 0.3 is 5.97 Å². The van der Waals surface area contributed by atoms with Crippen LogP contribution in [0.4, 0.5) is 0 Å². The highest BCUT2D eigenvalue weighted by atomic mass is 127. The van der Waals surface area contributed by atoms with Gasteiger partial charge in [0.2, 0.25) is 0 Å². The van der Waals surface area contributed by atoms with Crippen molar-refractivity contribution in [2.24, 2.45) is 0 Å². The molecule has 0 aromatic heterocycles. The van der Waals surface area contributed by atoms with Crippen LogP contribution in [0.3, 0.4) is 0 Å². The van der Waals surface area contributed by atoms with Gasteiger partial charge in [-0.1, -0.05) is 28.1 Å². The molecule has 0 heterocycles.